The van der Waals surface area contributed by atoms with Gasteiger partial charge in [-0.1, -0.05) is 11.6 Å². The van der Waals surface area contributed by atoms with Crippen LogP contribution in [0.25, 0.3) is 10.6 Å². The molecule has 0 bridgehead atoms. The molecule has 2 atom stereocenters. The van der Waals surface area contributed by atoms with Crippen LogP contribution in [0.5, 0.6) is 0 Å². The summed E-state index contributed by atoms with van der Waals surface area (Å²) in [4.78, 5) is 23.3. The van der Waals surface area contributed by atoms with E-state index in [-0.39, 0.29) is 18.0 Å². The Bertz CT molecular complexity index is 678. The second-order valence-corrected chi connectivity index (χ2v) is 6.94. The normalized spacial score (nSPS) is 21.9. The van der Waals surface area contributed by atoms with Crippen molar-refractivity contribution in [2.24, 2.45) is 0 Å². The van der Waals surface area contributed by atoms with E-state index in [0.29, 0.717) is 10.8 Å². The van der Waals surface area contributed by atoms with Gasteiger partial charge in [-0.3, -0.25) is 4.79 Å². The Morgan fingerprint density at radius 3 is 2.77 bits per heavy atom. The highest BCUT2D eigenvalue weighted by atomic mass is 35.5. The lowest BCUT2D eigenvalue weighted by molar-refractivity contribution is 0.0505. The zero-order chi connectivity index (χ0) is 15.7. The lowest BCUT2D eigenvalue weighted by atomic mass is 9.97. The largest absolute Gasteiger partial charge is 0.332 e. The fourth-order valence-electron chi connectivity index (χ4n) is 3.00. The van der Waals surface area contributed by atoms with E-state index >= 15 is 0 Å². The quantitative estimate of drug-likeness (QED) is 0.770. The van der Waals surface area contributed by atoms with Gasteiger partial charge < -0.3 is 4.90 Å². The molecule has 4 nitrogen and oxygen atoms in total. The number of halogens is 1. The number of rotatable bonds is 2. The standard InChI is InChI=1S/C16H18ClN3OS/c1-10-5-3-6-11(2)20(10)16(21)13-9-22-15(19-13)12-7-4-8-18-14(12)17/h4,7-11H,3,5-6H2,1-2H3. The van der Waals surface area contributed by atoms with E-state index in [4.69, 9.17) is 11.6 Å². The summed E-state index contributed by atoms with van der Waals surface area (Å²) >= 11 is 7.53. The Kier molecular flexibility index (Phi) is 4.45. The number of hydrogen-bond acceptors (Lipinski definition) is 4. The number of pyridine rings is 1. The van der Waals surface area contributed by atoms with Crippen LogP contribution < -0.4 is 0 Å². The zero-order valence-electron chi connectivity index (χ0n) is 12.6. The van der Waals surface area contributed by atoms with Crippen LogP contribution in [0.3, 0.4) is 0 Å². The van der Waals surface area contributed by atoms with E-state index < -0.39 is 0 Å². The number of aromatic nitrogens is 2. The van der Waals surface area contributed by atoms with Gasteiger partial charge in [-0.25, -0.2) is 9.97 Å². The molecular formula is C16H18ClN3OS. The first-order valence-corrected chi connectivity index (χ1v) is 8.72. The monoisotopic (exact) mass is 335 g/mol. The molecular weight excluding hydrogens is 318 g/mol. The van der Waals surface area contributed by atoms with Gasteiger partial charge in [0, 0.05) is 29.2 Å². The first-order chi connectivity index (χ1) is 10.6. The Morgan fingerprint density at radius 1 is 1.36 bits per heavy atom. The second kappa shape index (κ2) is 6.34. The van der Waals surface area contributed by atoms with Crippen molar-refractivity contribution in [3.8, 4) is 10.6 Å². The number of amides is 1. The average Bonchev–Trinajstić information content (AvgIpc) is 2.97. The van der Waals surface area contributed by atoms with Crippen LogP contribution in [0.4, 0.5) is 0 Å². The molecule has 2 unspecified atom stereocenters. The lowest BCUT2D eigenvalue weighted by Gasteiger charge is -2.38. The second-order valence-electron chi connectivity index (χ2n) is 5.72. The van der Waals surface area contributed by atoms with E-state index in [9.17, 15) is 4.79 Å². The number of nitrogens with zero attached hydrogens (tertiary/aromatic N) is 3. The van der Waals surface area contributed by atoms with Crippen LogP contribution in [0, 0.1) is 0 Å². The highest BCUT2D eigenvalue weighted by Crippen LogP contribution is 2.30. The van der Waals surface area contributed by atoms with Gasteiger partial charge in [0.05, 0.1) is 0 Å². The number of likely N-dealkylation sites (tertiary alicyclic amines) is 1. The summed E-state index contributed by atoms with van der Waals surface area (Å²) in [5.41, 5.74) is 1.27. The molecule has 1 amide bonds. The van der Waals surface area contributed by atoms with E-state index in [1.807, 2.05) is 22.4 Å². The van der Waals surface area contributed by atoms with Crippen molar-refractivity contribution in [2.45, 2.75) is 45.2 Å². The topological polar surface area (TPSA) is 46.1 Å². The molecule has 0 radical (unpaired) electrons. The van der Waals surface area contributed by atoms with Crippen molar-refractivity contribution < 1.29 is 4.79 Å². The van der Waals surface area contributed by atoms with Gasteiger partial charge in [0.1, 0.15) is 15.9 Å². The molecule has 0 N–H and O–H groups in total. The Hall–Kier alpha value is -1.46. The molecule has 3 heterocycles. The molecule has 0 spiro atoms. The van der Waals surface area contributed by atoms with Crippen LogP contribution in [0.2, 0.25) is 5.15 Å². The summed E-state index contributed by atoms with van der Waals surface area (Å²) in [5, 5.41) is 2.96. The van der Waals surface area contributed by atoms with Gasteiger partial charge in [-0.2, -0.15) is 0 Å². The third-order valence-corrected chi connectivity index (χ3v) is 5.32. The van der Waals surface area contributed by atoms with Gasteiger partial charge >= 0.3 is 0 Å². The van der Waals surface area contributed by atoms with Crippen molar-refractivity contribution in [1.82, 2.24) is 14.9 Å². The summed E-state index contributed by atoms with van der Waals surface area (Å²) in [6, 6.07) is 4.22. The maximum absolute atomic E-state index is 12.8. The summed E-state index contributed by atoms with van der Waals surface area (Å²) < 4.78 is 0. The summed E-state index contributed by atoms with van der Waals surface area (Å²) in [7, 11) is 0. The molecule has 0 saturated carbocycles. The molecule has 0 aromatic carbocycles. The predicted octanol–water partition coefficient (Wildman–Crippen LogP) is 4.26. The minimum atomic E-state index is 0.0159. The fourth-order valence-corrected chi connectivity index (χ4v) is 4.08. The van der Waals surface area contributed by atoms with Crippen molar-refractivity contribution in [3.05, 3.63) is 34.6 Å². The maximum atomic E-state index is 12.8. The van der Waals surface area contributed by atoms with Crippen molar-refractivity contribution >= 4 is 28.8 Å². The summed E-state index contributed by atoms with van der Waals surface area (Å²) in [6.45, 7) is 4.22. The van der Waals surface area contributed by atoms with E-state index in [1.54, 1.807) is 6.20 Å². The molecule has 6 heteroatoms. The SMILES string of the molecule is CC1CCCC(C)N1C(=O)c1csc(-c2cccnc2Cl)n1. The Labute approximate surface area is 139 Å². The van der Waals surface area contributed by atoms with Crippen molar-refractivity contribution in [1.29, 1.82) is 0 Å². The number of hydrogen-bond donors (Lipinski definition) is 0. The molecule has 1 fully saturated rings. The Morgan fingerprint density at radius 2 is 2.09 bits per heavy atom. The zero-order valence-corrected chi connectivity index (χ0v) is 14.2. The van der Waals surface area contributed by atoms with Gasteiger partial charge in [0.15, 0.2) is 0 Å². The van der Waals surface area contributed by atoms with E-state index in [2.05, 4.69) is 23.8 Å². The first kappa shape index (κ1) is 15.4. The molecule has 1 aliphatic rings. The van der Waals surface area contributed by atoms with Crippen LogP contribution in [-0.4, -0.2) is 32.9 Å². The van der Waals surface area contributed by atoms with Gasteiger partial charge in [-0.15, -0.1) is 11.3 Å². The minimum Gasteiger partial charge on any atom is -0.332 e. The molecule has 116 valence electrons. The molecule has 0 aliphatic carbocycles. The average molecular weight is 336 g/mol. The van der Waals surface area contributed by atoms with Gasteiger partial charge in [0.25, 0.3) is 5.91 Å². The molecule has 22 heavy (non-hydrogen) atoms. The number of carbonyl (C=O) groups excluding carboxylic acids is 1. The third kappa shape index (κ3) is 2.88. The van der Waals surface area contributed by atoms with Gasteiger partial charge in [-0.05, 0) is 45.2 Å². The number of piperidine rings is 1. The molecule has 3 rings (SSSR count). The highest BCUT2D eigenvalue weighted by Gasteiger charge is 2.31. The highest BCUT2D eigenvalue weighted by molar-refractivity contribution is 7.13. The minimum absolute atomic E-state index is 0.0159. The molecule has 1 saturated heterocycles. The van der Waals surface area contributed by atoms with E-state index in [1.165, 1.54) is 17.8 Å². The fraction of sp³-hybridized carbons (Fsp3) is 0.438. The van der Waals surface area contributed by atoms with Crippen LogP contribution in [0.1, 0.15) is 43.6 Å². The summed E-state index contributed by atoms with van der Waals surface area (Å²) in [6.07, 6.45) is 4.94. The molecule has 2 aromatic heterocycles. The summed E-state index contributed by atoms with van der Waals surface area (Å²) in [5.74, 6) is 0.0159. The smallest absolute Gasteiger partial charge is 0.273 e. The van der Waals surface area contributed by atoms with E-state index in [0.717, 1.165) is 23.4 Å². The first-order valence-electron chi connectivity index (χ1n) is 7.47. The molecule has 2 aromatic rings. The molecule has 1 aliphatic heterocycles. The maximum Gasteiger partial charge on any atom is 0.273 e. The van der Waals surface area contributed by atoms with Crippen molar-refractivity contribution in [3.63, 3.8) is 0 Å². The van der Waals surface area contributed by atoms with Crippen molar-refractivity contribution in [2.75, 3.05) is 0 Å². The van der Waals surface area contributed by atoms with Crippen LogP contribution in [0.15, 0.2) is 23.7 Å². The van der Waals surface area contributed by atoms with Crippen LogP contribution >= 0.6 is 22.9 Å². The van der Waals surface area contributed by atoms with Crippen LogP contribution in [-0.2, 0) is 0 Å². The van der Waals surface area contributed by atoms with Gasteiger partial charge in [0.2, 0.25) is 0 Å². The third-order valence-electron chi connectivity index (χ3n) is 4.14. The Balaban J connectivity index is 1.87. The number of carbonyl (C=O) groups is 1. The number of thiazole rings is 1. The lowest BCUT2D eigenvalue weighted by Crippen LogP contribution is -2.47. The predicted molar refractivity (Wildman–Crippen MR) is 89.3 cm³/mol.